The van der Waals surface area contributed by atoms with Crippen LogP contribution in [0.3, 0.4) is 0 Å². The molecule has 1 atom stereocenters. The van der Waals surface area contributed by atoms with Gasteiger partial charge in [-0.25, -0.2) is 4.98 Å². The number of fused-ring (bicyclic) bond motifs is 2. The van der Waals surface area contributed by atoms with Crippen LogP contribution in [0.5, 0.6) is 5.88 Å². The highest BCUT2D eigenvalue weighted by Gasteiger charge is 2.37. The van der Waals surface area contributed by atoms with Crippen molar-refractivity contribution in [2.24, 2.45) is 0 Å². The molecule has 2 aromatic heterocycles. The normalized spacial score (nSPS) is 19.7. The van der Waals surface area contributed by atoms with E-state index in [1.165, 1.54) is 19.3 Å². The molecule has 6 nitrogen and oxygen atoms in total. The molecule has 3 heterocycles. The van der Waals surface area contributed by atoms with Gasteiger partial charge in [-0.2, -0.15) is 5.10 Å². The Morgan fingerprint density at radius 3 is 2.85 bits per heavy atom. The maximum absolute atomic E-state index is 12.3. The van der Waals surface area contributed by atoms with E-state index in [9.17, 15) is 4.79 Å². The number of pyridine rings is 1. The molecule has 2 N–H and O–H groups in total. The second-order valence-corrected chi connectivity index (χ2v) is 7.11. The number of ether oxygens (including phenoxy) is 1. The van der Waals surface area contributed by atoms with E-state index >= 15 is 0 Å². The third-order valence-corrected chi connectivity index (χ3v) is 5.63. The SMILES string of the molecule is COc1nc2ccccc2cc1C1CC(=O)Nc2n[nH]c(C3CCC3)c21. The lowest BCUT2D eigenvalue weighted by atomic mass is 9.77. The van der Waals surface area contributed by atoms with Gasteiger partial charge in [-0.3, -0.25) is 9.89 Å². The Bertz CT molecular complexity index is 1010. The number of carbonyl (C=O) groups is 1. The molecule has 2 aliphatic rings. The second kappa shape index (κ2) is 5.83. The number of para-hydroxylation sites is 1. The van der Waals surface area contributed by atoms with Crippen molar-refractivity contribution >= 4 is 22.6 Å². The van der Waals surface area contributed by atoms with Crippen molar-refractivity contribution in [2.75, 3.05) is 12.4 Å². The van der Waals surface area contributed by atoms with Crippen LogP contribution in [0.15, 0.2) is 30.3 Å². The summed E-state index contributed by atoms with van der Waals surface area (Å²) in [5.41, 5.74) is 4.10. The monoisotopic (exact) mass is 348 g/mol. The van der Waals surface area contributed by atoms with E-state index in [2.05, 4.69) is 26.6 Å². The highest BCUT2D eigenvalue weighted by Crippen LogP contribution is 2.47. The van der Waals surface area contributed by atoms with Gasteiger partial charge in [0.2, 0.25) is 11.8 Å². The van der Waals surface area contributed by atoms with Crippen molar-refractivity contribution in [3.05, 3.63) is 47.2 Å². The van der Waals surface area contributed by atoms with Crippen LogP contribution in [0, 0.1) is 0 Å². The Balaban J connectivity index is 1.70. The summed E-state index contributed by atoms with van der Waals surface area (Å²) in [7, 11) is 1.63. The molecule has 1 amide bonds. The molecule has 1 aliphatic carbocycles. The van der Waals surface area contributed by atoms with E-state index < -0.39 is 0 Å². The van der Waals surface area contributed by atoms with Crippen molar-refractivity contribution in [1.29, 1.82) is 0 Å². The summed E-state index contributed by atoms with van der Waals surface area (Å²) in [6.07, 6.45) is 3.96. The summed E-state index contributed by atoms with van der Waals surface area (Å²) in [5.74, 6) is 1.62. The van der Waals surface area contributed by atoms with Crippen LogP contribution in [-0.4, -0.2) is 28.2 Å². The topological polar surface area (TPSA) is 79.9 Å². The molecule has 0 bridgehead atoms. The molecule has 3 aromatic rings. The zero-order valence-electron chi connectivity index (χ0n) is 14.6. The molecule has 1 saturated carbocycles. The molecule has 5 rings (SSSR count). The van der Waals surface area contributed by atoms with Gasteiger partial charge in [-0.15, -0.1) is 0 Å². The molecule has 1 aliphatic heterocycles. The number of carbonyl (C=O) groups excluding carboxylic acids is 1. The van der Waals surface area contributed by atoms with Crippen molar-refractivity contribution < 1.29 is 9.53 Å². The van der Waals surface area contributed by atoms with Crippen molar-refractivity contribution in [1.82, 2.24) is 15.2 Å². The molecule has 1 aromatic carbocycles. The minimum atomic E-state index is -0.0971. The van der Waals surface area contributed by atoms with Crippen LogP contribution in [0.4, 0.5) is 5.82 Å². The molecule has 132 valence electrons. The lowest BCUT2D eigenvalue weighted by Crippen LogP contribution is -2.25. The Kier molecular flexibility index (Phi) is 3.45. The zero-order chi connectivity index (χ0) is 17.7. The number of nitrogens with zero attached hydrogens (tertiary/aromatic N) is 2. The van der Waals surface area contributed by atoms with Crippen molar-refractivity contribution in [2.45, 2.75) is 37.5 Å². The fourth-order valence-electron chi connectivity index (χ4n) is 4.08. The first-order chi connectivity index (χ1) is 12.7. The largest absolute Gasteiger partial charge is 0.481 e. The molecular formula is C20H20N4O2. The molecule has 6 heteroatoms. The van der Waals surface area contributed by atoms with Crippen LogP contribution in [0.1, 0.15) is 54.3 Å². The summed E-state index contributed by atoms with van der Waals surface area (Å²) in [6, 6.07) is 10.1. The van der Waals surface area contributed by atoms with Gasteiger partial charge in [0.05, 0.1) is 12.6 Å². The second-order valence-electron chi connectivity index (χ2n) is 7.11. The first-order valence-electron chi connectivity index (χ1n) is 9.06. The number of nitrogens with one attached hydrogen (secondary N) is 2. The van der Waals surface area contributed by atoms with E-state index in [0.717, 1.165) is 27.7 Å². The van der Waals surface area contributed by atoms with E-state index in [0.29, 0.717) is 24.0 Å². The van der Waals surface area contributed by atoms with Crippen LogP contribution < -0.4 is 10.1 Å². The van der Waals surface area contributed by atoms with Gasteiger partial charge in [0.1, 0.15) is 0 Å². The van der Waals surface area contributed by atoms with Gasteiger partial charge in [-0.05, 0) is 25.0 Å². The number of benzene rings is 1. The average Bonchev–Trinajstić information content (AvgIpc) is 3.01. The third-order valence-electron chi connectivity index (χ3n) is 5.63. The molecule has 1 unspecified atom stereocenters. The van der Waals surface area contributed by atoms with Gasteiger partial charge in [0, 0.05) is 40.5 Å². The number of aromatic amines is 1. The fraction of sp³-hybridized carbons (Fsp3) is 0.350. The number of hydrogen-bond donors (Lipinski definition) is 2. The van der Waals surface area contributed by atoms with E-state index in [1.807, 2.05) is 24.3 Å². The molecular weight excluding hydrogens is 328 g/mol. The number of aromatic nitrogens is 3. The van der Waals surface area contributed by atoms with Crippen LogP contribution >= 0.6 is 0 Å². The van der Waals surface area contributed by atoms with Crippen LogP contribution in [-0.2, 0) is 4.79 Å². The van der Waals surface area contributed by atoms with Gasteiger partial charge in [0.25, 0.3) is 0 Å². The highest BCUT2D eigenvalue weighted by atomic mass is 16.5. The maximum atomic E-state index is 12.3. The Morgan fingerprint density at radius 1 is 1.23 bits per heavy atom. The molecule has 0 saturated heterocycles. The Hall–Kier alpha value is -2.89. The van der Waals surface area contributed by atoms with E-state index in [4.69, 9.17) is 4.74 Å². The molecule has 0 radical (unpaired) electrons. The summed E-state index contributed by atoms with van der Waals surface area (Å²) in [4.78, 5) is 17.0. The van der Waals surface area contributed by atoms with Crippen molar-refractivity contribution in [3.8, 4) is 5.88 Å². The number of H-pyrrole nitrogens is 1. The summed E-state index contributed by atoms with van der Waals surface area (Å²) < 4.78 is 5.60. The molecule has 0 spiro atoms. The number of anilines is 1. The zero-order valence-corrected chi connectivity index (χ0v) is 14.6. The lowest BCUT2D eigenvalue weighted by Gasteiger charge is -2.30. The number of methoxy groups -OCH3 is 1. The van der Waals surface area contributed by atoms with Crippen molar-refractivity contribution in [3.63, 3.8) is 0 Å². The predicted molar refractivity (Wildman–Crippen MR) is 98.6 cm³/mol. The molecule has 1 fully saturated rings. The van der Waals surface area contributed by atoms with E-state index in [-0.39, 0.29) is 11.8 Å². The maximum Gasteiger partial charge on any atom is 0.226 e. The predicted octanol–water partition coefficient (Wildman–Crippen LogP) is 3.71. The average molecular weight is 348 g/mol. The van der Waals surface area contributed by atoms with Crippen LogP contribution in [0.2, 0.25) is 0 Å². The minimum Gasteiger partial charge on any atom is -0.481 e. The smallest absolute Gasteiger partial charge is 0.226 e. The number of hydrogen-bond acceptors (Lipinski definition) is 4. The fourth-order valence-corrected chi connectivity index (χ4v) is 4.08. The van der Waals surface area contributed by atoms with Gasteiger partial charge in [0.15, 0.2) is 5.82 Å². The Labute approximate surface area is 151 Å². The summed E-state index contributed by atoms with van der Waals surface area (Å²) in [6.45, 7) is 0. The standard InChI is InChI=1S/C20H20N4O2/c1-26-20-14(9-12-5-2-3-8-15(12)21-20)13-10-16(25)22-19-17(13)18(23-24-19)11-6-4-7-11/h2-3,5,8-9,11,13H,4,6-7,10H2,1H3,(H2,22,23,24,25). The highest BCUT2D eigenvalue weighted by molar-refractivity contribution is 5.95. The minimum absolute atomic E-state index is 0.0237. The quantitative estimate of drug-likeness (QED) is 0.756. The first-order valence-corrected chi connectivity index (χ1v) is 9.06. The summed E-state index contributed by atoms with van der Waals surface area (Å²) in [5, 5.41) is 11.5. The van der Waals surface area contributed by atoms with Crippen LogP contribution in [0.25, 0.3) is 10.9 Å². The van der Waals surface area contributed by atoms with E-state index in [1.54, 1.807) is 7.11 Å². The molecule has 26 heavy (non-hydrogen) atoms. The van der Waals surface area contributed by atoms with Gasteiger partial charge in [-0.1, -0.05) is 24.6 Å². The lowest BCUT2D eigenvalue weighted by molar-refractivity contribution is -0.116. The third kappa shape index (κ3) is 2.29. The number of rotatable bonds is 3. The van der Waals surface area contributed by atoms with Gasteiger partial charge >= 0.3 is 0 Å². The van der Waals surface area contributed by atoms with Gasteiger partial charge < -0.3 is 10.1 Å². The summed E-state index contributed by atoms with van der Waals surface area (Å²) >= 11 is 0. The number of amides is 1. The Morgan fingerprint density at radius 2 is 2.08 bits per heavy atom. The first kappa shape index (κ1) is 15.4.